The largest absolute Gasteiger partial charge is 0.477 e. The highest BCUT2D eigenvalue weighted by molar-refractivity contribution is 5.97. The Morgan fingerprint density at radius 2 is 2.12 bits per heavy atom. The molecule has 1 heterocycles. The van der Waals surface area contributed by atoms with Gasteiger partial charge in [0.2, 0.25) is 0 Å². The molecule has 4 nitrogen and oxygen atoms in total. The highest BCUT2D eigenvalue weighted by atomic mass is 16.4. The third-order valence-electron chi connectivity index (χ3n) is 2.80. The van der Waals surface area contributed by atoms with Crippen molar-refractivity contribution in [2.24, 2.45) is 0 Å². The van der Waals surface area contributed by atoms with Crippen LogP contribution in [0, 0.1) is 0 Å². The van der Waals surface area contributed by atoms with E-state index in [4.69, 9.17) is 5.11 Å². The van der Waals surface area contributed by atoms with Crippen molar-refractivity contribution in [1.29, 1.82) is 0 Å². The van der Waals surface area contributed by atoms with E-state index >= 15 is 0 Å². The molecule has 0 unspecified atom stereocenters. The summed E-state index contributed by atoms with van der Waals surface area (Å²) in [5.41, 5.74) is 1.69. The zero-order chi connectivity index (χ0) is 12.4. The van der Waals surface area contributed by atoms with Gasteiger partial charge in [0.1, 0.15) is 0 Å². The van der Waals surface area contributed by atoms with Crippen molar-refractivity contribution in [2.75, 3.05) is 18.5 Å². The second-order valence-electron chi connectivity index (χ2n) is 3.86. The summed E-state index contributed by atoms with van der Waals surface area (Å²) >= 11 is 0. The number of pyridine rings is 1. The maximum Gasteiger partial charge on any atom is 0.354 e. The van der Waals surface area contributed by atoms with Crippen LogP contribution in [-0.2, 0) is 0 Å². The topological polar surface area (TPSA) is 53.4 Å². The molecule has 0 radical (unpaired) electrons. The van der Waals surface area contributed by atoms with Gasteiger partial charge in [-0.15, -0.1) is 0 Å². The number of benzene rings is 1. The summed E-state index contributed by atoms with van der Waals surface area (Å²) < 4.78 is 0. The average molecular weight is 230 g/mol. The zero-order valence-corrected chi connectivity index (χ0v) is 9.84. The van der Waals surface area contributed by atoms with Crippen LogP contribution in [0.4, 0.5) is 5.69 Å². The van der Waals surface area contributed by atoms with E-state index in [0.717, 1.165) is 17.6 Å². The molecule has 0 aliphatic rings. The van der Waals surface area contributed by atoms with Crippen LogP contribution in [0.1, 0.15) is 17.4 Å². The van der Waals surface area contributed by atoms with Gasteiger partial charge in [-0.1, -0.05) is 18.2 Å². The lowest BCUT2D eigenvalue weighted by atomic mass is 10.1. The molecule has 0 saturated carbocycles. The van der Waals surface area contributed by atoms with Crippen molar-refractivity contribution < 1.29 is 9.90 Å². The van der Waals surface area contributed by atoms with Crippen LogP contribution in [0.5, 0.6) is 0 Å². The molecule has 0 spiro atoms. The van der Waals surface area contributed by atoms with E-state index in [0.29, 0.717) is 5.52 Å². The van der Waals surface area contributed by atoms with E-state index in [1.165, 1.54) is 0 Å². The lowest BCUT2D eigenvalue weighted by Gasteiger charge is -2.19. The van der Waals surface area contributed by atoms with Gasteiger partial charge in [0.05, 0.1) is 5.52 Å². The molecule has 4 heteroatoms. The number of hydrogen-bond donors (Lipinski definition) is 1. The number of aromatic carboxylic acids is 1. The fraction of sp³-hybridized carbons (Fsp3) is 0.231. The third-order valence-corrected chi connectivity index (χ3v) is 2.80. The number of carbonyl (C=O) groups is 1. The summed E-state index contributed by atoms with van der Waals surface area (Å²) in [5.74, 6) is -0.999. The van der Waals surface area contributed by atoms with E-state index in [9.17, 15) is 4.79 Å². The molecule has 1 aromatic heterocycles. The van der Waals surface area contributed by atoms with Crippen LogP contribution in [0.2, 0.25) is 0 Å². The number of para-hydroxylation sites is 1. The quantitative estimate of drug-likeness (QED) is 0.879. The molecular weight excluding hydrogens is 216 g/mol. The molecule has 0 amide bonds. The predicted octanol–water partition coefficient (Wildman–Crippen LogP) is 2.39. The van der Waals surface area contributed by atoms with Crippen LogP contribution in [0.3, 0.4) is 0 Å². The minimum absolute atomic E-state index is 0.0824. The first-order chi connectivity index (χ1) is 8.13. The standard InChI is InChI=1S/C13H14N2O2/c1-3-15(2)12-8-11(13(16)17)14-10-7-5-4-6-9(10)12/h4-8H,3H2,1-2H3,(H,16,17). The van der Waals surface area contributed by atoms with Crippen LogP contribution in [0.25, 0.3) is 10.9 Å². The highest BCUT2D eigenvalue weighted by Crippen LogP contribution is 2.25. The number of carboxylic acid groups (broad SMARTS) is 1. The Morgan fingerprint density at radius 1 is 1.41 bits per heavy atom. The minimum Gasteiger partial charge on any atom is -0.477 e. The predicted molar refractivity (Wildman–Crippen MR) is 67.6 cm³/mol. The summed E-state index contributed by atoms with van der Waals surface area (Å²) in [6.45, 7) is 2.84. The Morgan fingerprint density at radius 3 is 2.76 bits per heavy atom. The summed E-state index contributed by atoms with van der Waals surface area (Å²) in [6.07, 6.45) is 0. The van der Waals surface area contributed by atoms with Crippen molar-refractivity contribution in [3.05, 3.63) is 36.0 Å². The van der Waals surface area contributed by atoms with Gasteiger partial charge in [-0.2, -0.15) is 0 Å². The molecule has 1 N–H and O–H groups in total. The van der Waals surface area contributed by atoms with Gasteiger partial charge < -0.3 is 10.0 Å². The van der Waals surface area contributed by atoms with Gasteiger partial charge in [0.15, 0.2) is 5.69 Å². The number of anilines is 1. The van der Waals surface area contributed by atoms with Crippen LogP contribution in [0.15, 0.2) is 30.3 Å². The molecule has 0 aliphatic carbocycles. The normalized spacial score (nSPS) is 10.5. The van der Waals surface area contributed by atoms with E-state index in [2.05, 4.69) is 4.98 Å². The molecule has 0 saturated heterocycles. The zero-order valence-electron chi connectivity index (χ0n) is 9.84. The Hall–Kier alpha value is -2.10. The first kappa shape index (κ1) is 11.4. The van der Waals surface area contributed by atoms with Crippen molar-refractivity contribution in [2.45, 2.75) is 6.92 Å². The maximum absolute atomic E-state index is 11.0. The van der Waals surface area contributed by atoms with Gasteiger partial charge in [-0.25, -0.2) is 9.78 Å². The lowest BCUT2D eigenvalue weighted by Crippen LogP contribution is -2.17. The fourth-order valence-electron chi connectivity index (χ4n) is 1.75. The van der Waals surface area contributed by atoms with Gasteiger partial charge in [0, 0.05) is 24.7 Å². The number of rotatable bonds is 3. The van der Waals surface area contributed by atoms with Crippen molar-refractivity contribution in [3.63, 3.8) is 0 Å². The molecule has 0 bridgehead atoms. The number of fused-ring (bicyclic) bond motifs is 1. The Labute approximate surface area is 99.5 Å². The highest BCUT2D eigenvalue weighted by Gasteiger charge is 2.12. The average Bonchev–Trinajstić information content (AvgIpc) is 2.36. The summed E-state index contributed by atoms with van der Waals surface area (Å²) in [7, 11) is 1.94. The number of hydrogen-bond acceptors (Lipinski definition) is 3. The second kappa shape index (κ2) is 4.41. The summed E-state index contributed by atoms with van der Waals surface area (Å²) in [4.78, 5) is 17.2. The number of aromatic nitrogens is 1. The Kier molecular flexibility index (Phi) is 2.95. The van der Waals surface area contributed by atoms with Crippen molar-refractivity contribution in [1.82, 2.24) is 4.98 Å². The van der Waals surface area contributed by atoms with Gasteiger partial charge in [-0.3, -0.25) is 0 Å². The maximum atomic E-state index is 11.0. The van der Waals surface area contributed by atoms with Crippen molar-refractivity contribution >= 4 is 22.6 Å². The lowest BCUT2D eigenvalue weighted by molar-refractivity contribution is 0.0691. The van der Waals surface area contributed by atoms with Crippen LogP contribution < -0.4 is 4.90 Å². The summed E-state index contributed by atoms with van der Waals surface area (Å²) in [6, 6.07) is 9.19. The Bertz CT molecular complexity index is 566. The minimum atomic E-state index is -0.999. The number of carboxylic acids is 1. The van der Waals surface area contributed by atoms with Gasteiger partial charge >= 0.3 is 5.97 Å². The van der Waals surface area contributed by atoms with Crippen LogP contribution in [-0.4, -0.2) is 29.7 Å². The van der Waals surface area contributed by atoms with E-state index in [1.54, 1.807) is 6.07 Å². The van der Waals surface area contributed by atoms with Crippen LogP contribution >= 0.6 is 0 Å². The molecule has 2 rings (SSSR count). The molecule has 2 aromatic rings. The summed E-state index contributed by atoms with van der Waals surface area (Å²) in [5, 5.41) is 10.0. The first-order valence-electron chi connectivity index (χ1n) is 5.47. The van der Waals surface area contributed by atoms with Crippen molar-refractivity contribution in [3.8, 4) is 0 Å². The molecule has 17 heavy (non-hydrogen) atoms. The second-order valence-corrected chi connectivity index (χ2v) is 3.86. The monoisotopic (exact) mass is 230 g/mol. The molecular formula is C13H14N2O2. The van der Waals surface area contributed by atoms with Gasteiger partial charge in [0.25, 0.3) is 0 Å². The number of nitrogens with zero attached hydrogens (tertiary/aromatic N) is 2. The first-order valence-corrected chi connectivity index (χ1v) is 5.47. The van der Waals surface area contributed by atoms with E-state index in [-0.39, 0.29) is 5.69 Å². The Balaban J connectivity index is 2.73. The van der Waals surface area contributed by atoms with E-state index < -0.39 is 5.97 Å². The molecule has 0 aliphatic heterocycles. The SMILES string of the molecule is CCN(C)c1cc(C(=O)O)nc2ccccc12. The third kappa shape index (κ3) is 2.06. The van der Waals surface area contributed by atoms with Gasteiger partial charge in [-0.05, 0) is 19.1 Å². The smallest absolute Gasteiger partial charge is 0.354 e. The molecule has 0 fully saturated rings. The molecule has 1 aromatic carbocycles. The van der Waals surface area contributed by atoms with E-state index in [1.807, 2.05) is 43.1 Å². The fourth-order valence-corrected chi connectivity index (χ4v) is 1.75. The molecule has 88 valence electrons. The molecule has 0 atom stereocenters.